The molecule has 2 N–H and O–H groups in total. The van der Waals surface area contributed by atoms with E-state index in [9.17, 15) is 0 Å². The Balaban J connectivity index is 3.03. The van der Waals surface area contributed by atoms with E-state index in [0.717, 1.165) is 6.21 Å². The molecule has 4 heteroatoms. The van der Waals surface area contributed by atoms with Gasteiger partial charge in [0, 0.05) is 6.20 Å². The number of rotatable bonds is 1. The Morgan fingerprint density at radius 3 is 3.00 bits per heavy atom. The Hall–Kier alpha value is -1.58. The molecular weight excluding hydrogens is 132 g/mol. The third-order valence-corrected chi connectivity index (χ3v) is 0.996. The second-order valence-corrected chi connectivity index (χ2v) is 1.65. The molecule has 0 saturated heterocycles. The van der Waals surface area contributed by atoms with Gasteiger partial charge in [-0.1, -0.05) is 5.16 Å². The minimum absolute atomic E-state index is 0.000278. The number of hydrogen-bond acceptors (Lipinski definition) is 4. The van der Waals surface area contributed by atoms with Gasteiger partial charge < -0.3 is 10.3 Å². The minimum atomic E-state index is 0.000278. The molecule has 1 aromatic rings. The van der Waals surface area contributed by atoms with Crippen molar-refractivity contribution < 1.29 is 10.3 Å². The van der Waals surface area contributed by atoms with Crippen molar-refractivity contribution in [2.75, 3.05) is 0 Å². The van der Waals surface area contributed by atoms with Gasteiger partial charge >= 0.3 is 0 Å². The Kier molecular flexibility index (Phi) is 1.84. The molecule has 10 heavy (non-hydrogen) atoms. The molecule has 0 aliphatic carbocycles. The van der Waals surface area contributed by atoms with E-state index < -0.39 is 0 Å². The fourth-order valence-corrected chi connectivity index (χ4v) is 0.563. The summed E-state index contributed by atoms with van der Waals surface area (Å²) < 4.78 is 0. The Labute approximate surface area is 57.5 Å². The van der Waals surface area contributed by atoms with Gasteiger partial charge in [-0.05, 0) is 12.1 Å². The van der Waals surface area contributed by atoms with Crippen LogP contribution in [0.3, 0.4) is 0 Å². The van der Waals surface area contributed by atoms with Crippen molar-refractivity contribution in [3.8, 4) is 5.75 Å². The molecule has 0 unspecified atom stereocenters. The molecule has 0 atom stereocenters. The van der Waals surface area contributed by atoms with Crippen LogP contribution in [0.25, 0.3) is 0 Å². The molecule has 1 heterocycles. The van der Waals surface area contributed by atoms with E-state index in [-0.39, 0.29) is 11.4 Å². The van der Waals surface area contributed by atoms with E-state index in [1.54, 1.807) is 6.07 Å². The molecule has 0 aliphatic heterocycles. The van der Waals surface area contributed by atoms with Crippen LogP contribution in [0.2, 0.25) is 0 Å². The number of pyridine rings is 1. The first-order valence-electron chi connectivity index (χ1n) is 2.66. The smallest absolute Gasteiger partial charge is 0.142 e. The first kappa shape index (κ1) is 6.54. The summed E-state index contributed by atoms with van der Waals surface area (Å²) >= 11 is 0. The molecule has 1 aromatic heterocycles. The molecule has 0 aromatic carbocycles. The van der Waals surface area contributed by atoms with Gasteiger partial charge in [0.25, 0.3) is 0 Å². The average Bonchev–Trinajstić information content (AvgIpc) is 1.94. The van der Waals surface area contributed by atoms with Crippen LogP contribution in [0.15, 0.2) is 23.5 Å². The monoisotopic (exact) mass is 138 g/mol. The van der Waals surface area contributed by atoms with E-state index in [1.807, 2.05) is 0 Å². The standard InChI is InChI=1S/C6H6N2O2/c9-6-2-1-3-7-5(6)4-8-10/h1-4,9-10H/b8-4-. The summed E-state index contributed by atoms with van der Waals surface area (Å²) in [5.41, 5.74) is 0.255. The Morgan fingerprint density at radius 2 is 2.40 bits per heavy atom. The highest BCUT2D eigenvalue weighted by molar-refractivity contribution is 5.79. The summed E-state index contributed by atoms with van der Waals surface area (Å²) in [6, 6.07) is 3.05. The third kappa shape index (κ3) is 1.22. The van der Waals surface area contributed by atoms with E-state index in [4.69, 9.17) is 10.3 Å². The van der Waals surface area contributed by atoms with Gasteiger partial charge in [-0.15, -0.1) is 0 Å². The molecule has 0 fully saturated rings. The normalized spacial score (nSPS) is 10.4. The molecule has 4 nitrogen and oxygen atoms in total. The van der Waals surface area contributed by atoms with Crippen LogP contribution >= 0.6 is 0 Å². The maximum absolute atomic E-state index is 8.98. The van der Waals surface area contributed by atoms with Crippen LogP contribution in [-0.4, -0.2) is 21.5 Å². The van der Waals surface area contributed by atoms with Gasteiger partial charge in [0.1, 0.15) is 11.4 Å². The van der Waals surface area contributed by atoms with Gasteiger partial charge in [0.2, 0.25) is 0 Å². The lowest BCUT2D eigenvalue weighted by Gasteiger charge is -1.92. The Bertz CT molecular complexity index is 247. The predicted octanol–water partition coefficient (Wildman–Crippen LogP) is 0.595. The van der Waals surface area contributed by atoms with Crippen molar-refractivity contribution in [3.05, 3.63) is 24.0 Å². The van der Waals surface area contributed by atoms with E-state index in [1.165, 1.54) is 12.3 Å². The molecule has 52 valence electrons. The predicted molar refractivity (Wildman–Crippen MR) is 35.3 cm³/mol. The van der Waals surface area contributed by atoms with Crippen LogP contribution < -0.4 is 0 Å². The van der Waals surface area contributed by atoms with E-state index in [0.29, 0.717) is 0 Å². The van der Waals surface area contributed by atoms with Crippen molar-refractivity contribution in [2.24, 2.45) is 5.16 Å². The molecule has 1 rings (SSSR count). The second-order valence-electron chi connectivity index (χ2n) is 1.65. The van der Waals surface area contributed by atoms with Crippen molar-refractivity contribution in [1.29, 1.82) is 0 Å². The molecule has 0 saturated carbocycles. The zero-order valence-electron chi connectivity index (χ0n) is 5.10. The molecule has 0 spiro atoms. The molecule has 0 aliphatic rings. The lowest BCUT2D eigenvalue weighted by Crippen LogP contribution is -1.85. The maximum Gasteiger partial charge on any atom is 0.142 e. The maximum atomic E-state index is 8.98. The summed E-state index contributed by atoms with van der Waals surface area (Å²) in [7, 11) is 0. The van der Waals surface area contributed by atoms with Gasteiger partial charge in [-0.2, -0.15) is 0 Å². The molecular formula is C6H6N2O2. The molecule has 0 amide bonds. The number of aromatic nitrogens is 1. The average molecular weight is 138 g/mol. The Morgan fingerprint density at radius 1 is 1.60 bits per heavy atom. The van der Waals surface area contributed by atoms with E-state index in [2.05, 4.69) is 10.1 Å². The van der Waals surface area contributed by atoms with Crippen LogP contribution in [0, 0.1) is 0 Å². The SMILES string of the molecule is O/N=C\c1ncccc1O. The van der Waals surface area contributed by atoms with Crippen molar-refractivity contribution in [3.63, 3.8) is 0 Å². The first-order chi connectivity index (χ1) is 4.84. The van der Waals surface area contributed by atoms with Crippen LogP contribution in [0.4, 0.5) is 0 Å². The van der Waals surface area contributed by atoms with Crippen molar-refractivity contribution >= 4 is 6.21 Å². The van der Waals surface area contributed by atoms with E-state index >= 15 is 0 Å². The van der Waals surface area contributed by atoms with Crippen LogP contribution in [0.1, 0.15) is 5.69 Å². The van der Waals surface area contributed by atoms with Crippen molar-refractivity contribution in [2.45, 2.75) is 0 Å². The van der Waals surface area contributed by atoms with Gasteiger partial charge in [0.15, 0.2) is 0 Å². The minimum Gasteiger partial charge on any atom is -0.506 e. The highest BCUT2D eigenvalue weighted by Crippen LogP contribution is 2.08. The number of nitrogens with zero attached hydrogens (tertiary/aromatic N) is 2. The van der Waals surface area contributed by atoms with Crippen LogP contribution in [0.5, 0.6) is 5.75 Å². The zero-order chi connectivity index (χ0) is 7.40. The number of aromatic hydroxyl groups is 1. The quantitative estimate of drug-likeness (QED) is 0.339. The fraction of sp³-hybridized carbons (Fsp3) is 0. The summed E-state index contributed by atoms with van der Waals surface area (Å²) in [5.74, 6) is 0.000278. The summed E-state index contributed by atoms with van der Waals surface area (Å²) in [4.78, 5) is 3.71. The lowest BCUT2D eigenvalue weighted by molar-refractivity contribution is 0.321. The number of oxime groups is 1. The summed E-state index contributed by atoms with van der Waals surface area (Å²) in [5, 5.41) is 19.8. The second kappa shape index (κ2) is 2.82. The largest absolute Gasteiger partial charge is 0.506 e. The molecule has 0 radical (unpaired) electrons. The topological polar surface area (TPSA) is 65.7 Å². The van der Waals surface area contributed by atoms with Crippen molar-refractivity contribution in [1.82, 2.24) is 4.98 Å². The summed E-state index contributed by atoms with van der Waals surface area (Å²) in [6.45, 7) is 0. The van der Waals surface area contributed by atoms with Crippen LogP contribution in [-0.2, 0) is 0 Å². The fourth-order valence-electron chi connectivity index (χ4n) is 0.563. The van der Waals surface area contributed by atoms with Gasteiger partial charge in [0.05, 0.1) is 6.21 Å². The summed E-state index contributed by atoms with van der Waals surface area (Å²) in [6.07, 6.45) is 2.56. The zero-order valence-corrected chi connectivity index (χ0v) is 5.10. The van der Waals surface area contributed by atoms with Gasteiger partial charge in [-0.3, -0.25) is 4.98 Å². The number of hydrogen-bond donors (Lipinski definition) is 2. The first-order valence-corrected chi connectivity index (χ1v) is 2.66. The highest BCUT2D eigenvalue weighted by atomic mass is 16.4. The lowest BCUT2D eigenvalue weighted by atomic mass is 10.3. The highest BCUT2D eigenvalue weighted by Gasteiger charge is 1.94. The van der Waals surface area contributed by atoms with Gasteiger partial charge in [-0.25, -0.2) is 0 Å². The third-order valence-electron chi connectivity index (χ3n) is 0.996. The molecule has 0 bridgehead atoms.